The van der Waals surface area contributed by atoms with Gasteiger partial charge in [-0.1, -0.05) is 6.07 Å². The van der Waals surface area contributed by atoms with Gasteiger partial charge in [-0.15, -0.1) is 0 Å². The third kappa shape index (κ3) is 7.69. The zero-order valence-electron chi connectivity index (χ0n) is 22.9. The van der Waals surface area contributed by atoms with Gasteiger partial charge in [0.05, 0.1) is 29.3 Å². The summed E-state index contributed by atoms with van der Waals surface area (Å²) in [6.07, 6.45) is -10.5. The molecule has 41 heavy (non-hydrogen) atoms. The normalized spacial score (nSPS) is 19.5. The Morgan fingerprint density at radius 2 is 1.63 bits per heavy atom. The van der Waals surface area contributed by atoms with Crippen molar-refractivity contribution >= 4 is 11.9 Å². The van der Waals surface area contributed by atoms with Crippen molar-refractivity contribution in [2.75, 3.05) is 20.1 Å². The second-order valence-corrected chi connectivity index (χ2v) is 10.4. The molecule has 0 spiro atoms. The van der Waals surface area contributed by atoms with Crippen LogP contribution in [0.5, 0.6) is 0 Å². The van der Waals surface area contributed by atoms with Crippen LogP contribution in [0.4, 0.5) is 35.5 Å². The summed E-state index contributed by atoms with van der Waals surface area (Å²) in [5, 5.41) is 12.1. The van der Waals surface area contributed by atoms with Gasteiger partial charge in [-0.2, -0.15) is 26.3 Å². The predicted molar refractivity (Wildman–Crippen MR) is 136 cm³/mol. The molecule has 1 aliphatic rings. The van der Waals surface area contributed by atoms with Crippen molar-refractivity contribution in [1.82, 2.24) is 15.1 Å². The van der Waals surface area contributed by atoms with Crippen LogP contribution in [0.15, 0.2) is 36.4 Å². The number of piperidine rings is 1. The number of benzene rings is 2. The first-order chi connectivity index (χ1) is 18.9. The van der Waals surface area contributed by atoms with Crippen LogP contribution in [0.2, 0.25) is 0 Å². The van der Waals surface area contributed by atoms with E-state index < -0.39 is 59.4 Å². The highest BCUT2D eigenvalue weighted by atomic mass is 19.4. The van der Waals surface area contributed by atoms with Crippen LogP contribution in [0, 0.1) is 18.7 Å². The number of likely N-dealkylation sites (tertiary alicyclic amines) is 1. The summed E-state index contributed by atoms with van der Waals surface area (Å²) >= 11 is 0. The molecule has 0 unspecified atom stereocenters. The minimum Gasteiger partial charge on any atom is -0.392 e. The van der Waals surface area contributed by atoms with Gasteiger partial charge in [-0.3, -0.25) is 4.79 Å². The molecule has 4 atom stereocenters. The molecule has 0 bridgehead atoms. The van der Waals surface area contributed by atoms with Gasteiger partial charge in [0.2, 0.25) is 5.91 Å². The Morgan fingerprint density at radius 3 is 2.15 bits per heavy atom. The van der Waals surface area contributed by atoms with E-state index in [-0.39, 0.29) is 43.5 Å². The first-order valence-electron chi connectivity index (χ1n) is 12.9. The third-order valence-corrected chi connectivity index (χ3v) is 7.36. The topological polar surface area (TPSA) is 72.9 Å². The van der Waals surface area contributed by atoms with E-state index in [0.717, 1.165) is 4.90 Å². The highest BCUT2D eigenvalue weighted by Gasteiger charge is 2.40. The van der Waals surface area contributed by atoms with Crippen molar-refractivity contribution in [3.63, 3.8) is 0 Å². The maximum absolute atomic E-state index is 13.9. The molecule has 0 aliphatic carbocycles. The van der Waals surface area contributed by atoms with Crippen LogP contribution in [-0.4, -0.2) is 53.1 Å². The molecule has 2 aromatic rings. The lowest BCUT2D eigenvalue weighted by molar-refractivity contribution is -0.143. The minimum absolute atomic E-state index is 0.0232. The van der Waals surface area contributed by atoms with Crippen molar-refractivity contribution < 1.29 is 45.4 Å². The fourth-order valence-corrected chi connectivity index (χ4v) is 4.94. The number of urea groups is 1. The van der Waals surface area contributed by atoms with Crippen LogP contribution in [0.25, 0.3) is 0 Å². The van der Waals surface area contributed by atoms with Gasteiger partial charge in [0.25, 0.3) is 0 Å². The van der Waals surface area contributed by atoms with Crippen LogP contribution in [-0.2, 0) is 17.1 Å². The molecule has 3 amide bonds. The number of carbonyl (C=O) groups excluding carboxylic acids is 2. The molecular formula is C28H32F7N3O3. The van der Waals surface area contributed by atoms with E-state index in [0.29, 0.717) is 23.3 Å². The number of rotatable bonds is 6. The zero-order chi connectivity index (χ0) is 30.9. The number of hydrogen-bond donors (Lipinski definition) is 2. The quantitative estimate of drug-likeness (QED) is 0.391. The first kappa shape index (κ1) is 32.2. The lowest BCUT2D eigenvalue weighted by Crippen LogP contribution is -2.50. The molecular weight excluding hydrogens is 559 g/mol. The largest absolute Gasteiger partial charge is 0.416 e. The molecule has 13 heteroatoms. The fraction of sp³-hybridized carbons (Fsp3) is 0.500. The summed E-state index contributed by atoms with van der Waals surface area (Å²) in [7, 11) is 1.27. The number of amides is 3. The van der Waals surface area contributed by atoms with Crippen LogP contribution in [0.1, 0.15) is 66.6 Å². The average Bonchev–Trinajstić information content (AvgIpc) is 2.89. The molecule has 1 aliphatic heterocycles. The van der Waals surface area contributed by atoms with Gasteiger partial charge in [-0.05, 0) is 80.6 Å². The first-order valence-corrected chi connectivity index (χ1v) is 12.9. The Labute approximate surface area is 233 Å². The summed E-state index contributed by atoms with van der Waals surface area (Å²) in [5.41, 5.74) is -2.28. The van der Waals surface area contributed by atoms with E-state index in [1.165, 1.54) is 44.0 Å². The number of aliphatic hydroxyl groups excluding tert-OH is 1. The second kappa shape index (κ2) is 12.3. The lowest BCUT2D eigenvalue weighted by atomic mass is 9.85. The maximum atomic E-state index is 13.9. The summed E-state index contributed by atoms with van der Waals surface area (Å²) in [6, 6.07) is 2.55. The summed E-state index contributed by atoms with van der Waals surface area (Å²) in [4.78, 5) is 28.9. The summed E-state index contributed by atoms with van der Waals surface area (Å²) < 4.78 is 94.4. The number of alkyl halides is 6. The number of nitrogens with one attached hydrogen (secondary N) is 1. The smallest absolute Gasteiger partial charge is 0.392 e. The van der Waals surface area contributed by atoms with E-state index in [2.05, 4.69) is 5.32 Å². The Balaban J connectivity index is 1.95. The number of halogens is 7. The van der Waals surface area contributed by atoms with Crippen molar-refractivity contribution in [3.8, 4) is 0 Å². The predicted octanol–water partition coefficient (Wildman–Crippen LogP) is 6.23. The van der Waals surface area contributed by atoms with E-state index in [1.807, 2.05) is 0 Å². The van der Waals surface area contributed by atoms with Gasteiger partial charge >= 0.3 is 18.4 Å². The Bertz CT molecular complexity index is 1230. The molecule has 226 valence electrons. The summed E-state index contributed by atoms with van der Waals surface area (Å²) in [5.74, 6) is -1.41. The molecule has 6 nitrogen and oxygen atoms in total. The Hall–Kier alpha value is -3.35. The zero-order valence-corrected chi connectivity index (χ0v) is 22.9. The molecule has 1 heterocycles. The highest BCUT2D eigenvalue weighted by Crippen LogP contribution is 2.40. The van der Waals surface area contributed by atoms with E-state index in [1.54, 1.807) is 6.92 Å². The number of aryl methyl sites for hydroxylation is 1. The molecule has 0 aromatic heterocycles. The van der Waals surface area contributed by atoms with Crippen molar-refractivity contribution in [2.45, 2.75) is 64.2 Å². The number of nitrogens with zero attached hydrogens (tertiary/aromatic N) is 2. The SMILES string of the molecule is Cc1cc(F)ccc1[C@H]1C[C@@H](C(=O)NC[C@H](C)O)CCN1C(=O)N(C)[C@H](C)c1cc(C(F)(F)F)cc(C(F)(F)F)c1. The van der Waals surface area contributed by atoms with Gasteiger partial charge in [0.1, 0.15) is 5.82 Å². The molecule has 1 fully saturated rings. The monoisotopic (exact) mass is 591 g/mol. The molecule has 0 saturated carbocycles. The van der Waals surface area contributed by atoms with Crippen LogP contribution in [0.3, 0.4) is 0 Å². The second-order valence-electron chi connectivity index (χ2n) is 10.4. The van der Waals surface area contributed by atoms with Crippen LogP contribution < -0.4 is 5.32 Å². The molecule has 1 saturated heterocycles. The fourth-order valence-electron chi connectivity index (χ4n) is 4.94. The summed E-state index contributed by atoms with van der Waals surface area (Å²) in [6.45, 7) is 4.52. The standard InChI is InChI=1S/C28H32F7N3O3/c1-15-9-22(29)5-6-23(15)24-12-18(25(40)36-14-16(2)39)7-8-38(24)26(41)37(4)17(3)19-10-20(27(30,31)32)13-21(11-19)28(33,34)35/h5-6,9-11,13,16-18,24,39H,7-8,12,14H2,1-4H3,(H,36,40)/t16-,17+,18-,24+/m0/s1. The number of aliphatic hydroxyl groups is 1. The Kier molecular flexibility index (Phi) is 9.62. The van der Waals surface area contributed by atoms with Gasteiger partial charge in [0, 0.05) is 26.1 Å². The third-order valence-electron chi connectivity index (χ3n) is 7.36. The molecule has 0 radical (unpaired) electrons. The van der Waals surface area contributed by atoms with Gasteiger partial charge in [-0.25, -0.2) is 9.18 Å². The van der Waals surface area contributed by atoms with Crippen molar-refractivity contribution in [1.29, 1.82) is 0 Å². The van der Waals surface area contributed by atoms with Gasteiger partial charge < -0.3 is 20.2 Å². The Morgan fingerprint density at radius 1 is 1.05 bits per heavy atom. The lowest BCUT2D eigenvalue weighted by Gasteiger charge is -2.42. The number of hydrogen-bond acceptors (Lipinski definition) is 3. The maximum Gasteiger partial charge on any atom is 0.416 e. The van der Waals surface area contributed by atoms with Gasteiger partial charge in [0.15, 0.2) is 0 Å². The molecule has 3 rings (SSSR count). The van der Waals surface area contributed by atoms with E-state index in [4.69, 9.17) is 0 Å². The molecule has 2 N–H and O–H groups in total. The van der Waals surface area contributed by atoms with Crippen molar-refractivity contribution in [2.24, 2.45) is 5.92 Å². The average molecular weight is 592 g/mol. The number of carbonyl (C=O) groups is 2. The van der Waals surface area contributed by atoms with Crippen molar-refractivity contribution in [3.05, 3.63) is 70.0 Å². The van der Waals surface area contributed by atoms with Crippen LogP contribution >= 0.6 is 0 Å². The van der Waals surface area contributed by atoms with E-state index >= 15 is 0 Å². The highest BCUT2D eigenvalue weighted by molar-refractivity contribution is 5.80. The minimum atomic E-state index is -5.04. The molecule has 2 aromatic carbocycles. The van der Waals surface area contributed by atoms with E-state index in [9.17, 15) is 45.4 Å².